The molecule has 3 N–H and O–H groups in total. The number of para-hydroxylation sites is 1. The summed E-state index contributed by atoms with van der Waals surface area (Å²) < 4.78 is 33.7. The van der Waals surface area contributed by atoms with Gasteiger partial charge in [0.2, 0.25) is 5.95 Å². The number of nitrogens with zero attached hydrogens (tertiary/aromatic N) is 3. The molecule has 0 radical (unpaired) electrons. The fraction of sp³-hybridized carbons (Fsp3) is 0.257. The van der Waals surface area contributed by atoms with Crippen LogP contribution in [0.2, 0.25) is 5.02 Å². The highest BCUT2D eigenvalue weighted by Crippen LogP contribution is 2.36. The van der Waals surface area contributed by atoms with Crippen LogP contribution in [-0.2, 0) is 14.8 Å². The van der Waals surface area contributed by atoms with Crippen molar-refractivity contribution in [2.45, 2.75) is 62.6 Å². The number of carbonyl (C=O) groups is 2. The number of nitrogens with one attached hydrogen (secondary N) is 3. The van der Waals surface area contributed by atoms with E-state index in [1.807, 2.05) is 12.1 Å². The van der Waals surface area contributed by atoms with Gasteiger partial charge in [-0.05, 0) is 82.5 Å². The minimum absolute atomic E-state index is 0.00969. The summed E-state index contributed by atoms with van der Waals surface area (Å²) in [5.74, 6) is 0.138. The molecular weight excluding hydrogens is 652 g/mol. The summed E-state index contributed by atoms with van der Waals surface area (Å²) in [6.45, 7) is 5.35. The minimum Gasteiger partial charge on any atom is -0.444 e. The normalized spacial score (nSPS) is 16.4. The Balaban J connectivity index is 1.13. The molecule has 0 bridgehead atoms. The number of aromatic nitrogens is 3. The molecule has 248 valence electrons. The monoisotopic (exact) mass is 686 g/mol. The van der Waals surface area contributed by atoms with Crippen molar-refractivity contribution in [3.8, 4) is 11.3 Å². The van der Waals surface area contributed by atoms with E-state index in [9.17, 15) is 18.0 Å². The van der Waals surface area contributed by atoms with Gasteiger partial charge in [-0.25, -0.2) is 27.2 Å². The Morgan fingerprint density at radius 2 is 1.62 bits per heavy atom. The van der Waals surface area contributed by atoms with E-state index in [0.717, 1.165) is 12.8 Å². The van der Waals surface area contributed by atoms with E-state index in [0.29, 0.717) is 45.8 Å². The Hall–Kier alpha value is -4.94. The van der Waals surface area contributed by atoms with Crippen molar-refractivity contribution in [1.82, 2.24) is 19.3 Å². The number of hydrogen-bond acceptors (Lipinski definition) is 8. The van der Waals surface area contributed by atoms with Crippen molar-refractivity contribution in [3.05, 3.63) is 102 Å². The van der Waals surface area contributed by atoms with Crippen molar-refractivity contribution in [1.29, 1.82) is 0 Å². The van der Waals surface area contributed by atoms with Crippen LogP contribution in [0.4, 0.5) is 16.4 Å². The molecule has 1 fully saturated rings. The van der Waals surface area contributed by atoms with Crippen molar-refractivity contribution in [2.24, 2.45) is 0 Å². The van der Waals surface area contributed by atoms with E-state index in [2.05, 4.69) is 20.9 Å². The number of amides is 2. The molecule has 1 aliphatic rings. The first-order chi connectivity index (χ1) is 22.9. The van der Waals surface area contributed by atoms with Gasteiger partial charge in [0.1, 0.15) is 5.60 Å². The zero-order chi connectivity index (χ0) is 34.1. The highest BCUT2D eigenvalue weighted by atomic mass is 35.5. The van der Waals surface area contributed by atoms with E-state index in [1.54, 1.807) is 93.7 Å². The molecule has 2 amide bonds. The second-order valence-corrected chi connectivity index (χ2v) is 14.8. The standard InChI is InChI=1S/C35H35ClN6O5S/c1-35(2,3)47-34(44)40-23-15-13-22(14-16-23)32(43)38-24-17-18-25(19-24)39-33-37-20-29(36)31(41-33)28-21-42(30-12-8-7-11-27(28)30)48(45,46)26-9-5-4-6-10-26/h4-16,20-21,24-25H,17-19H2,1-3H3,(H,38,43)(H,40,44)(H,37,39,41)/t24-,25?/m1/s1. The molecule has 48 heavy (non-hydrogen) atoms. The topological polar surface area (TPSA) is 144 Å². The zero-order valence-corrected chi connectivity index (χ0v) is 28.2. The molecule has 2 heterocycles. The molecule has 5 aromatic rings. The maximum absolute atomic E-state index is 13.6. The number of halogens is 1. The van der Waals surface area contributed by atoms with Crippen LogP contribution < -0.4 is 16.0 Å². The quantitative estimate of drug-likeness (QED) is 0.157. The fourth-order valence-electron chi connectivity index (χ4n) is 5.69. The molecular formula is C35H35ClN6O5S. The molecule has 13 heteroatoms. The van der Waals surface area contributed by atoms with E-state index < -0.39 is 21.7 Å². The predicted molar refractivity (Wildman–Crippen MR) is 186 cm³/mol. The average molecular weight is 687 g/mol. The zero-order valence-electron chi connectivity index (χ0n) is 26.6. The van der Waals surface area contributed by atoms with Crippen LogP contribution in [0, 0.1) is 0 Å². The summed E-state index contributed by atoms with van der Waals surface area (Å²) in [5.41, 5.74) is 1.85. The maximum Gasteiger partial charge on any atom is 0.412 e. The predicted octanol–water partition coefficient (Wildman–Crippen LogP) is 7.10. The summed E-state index contributed by atoms with van der Waals surface area (Å²) in [6, 6.07) is 22.0. The second-order valence-electron chi connectivity index (χ2n) is 12.6. The van der Waals surface area contributed by atoms with Crippen LogP contribution in [-0.4, -0.2) is 52.0 Å². The Morgan fingerprint density at radius 3 is 2.35 bits per heavy atom. The summed E-state index contributed by atoms with van der Waals surface area (Å²) in [7, 11) is -3.89. The van der Waals surface area contributed by atoms with Crippen molar-refractivity contribution in [2.75, 3.05) is 10.6 Å². The molecule has 2 aromatic heterocycles. The van der Waals surface area contributed by atoms with Gasteiger partial charge in [-0.2, -0.15) is 0 Å². The molecule has 0 saturated heterocycles. The van der Waals surface area contributed by atoms with Crippen LogP contribution in [0.5, 0.6) is 0 Å². The summed E-state index contributed by atoms with van der Waals surface area (Å²) in [4.78, 5) is 34.3. The summed E-state index contributed by atoms with van der Waals surface area (Å²) in [5, 5.41) is 10.1. The highest BCUT2D eigenvalue weighted by Gasteiger charge is 2.28. The minimum atomic E-state index is -3.89. The molecule has 0 spiro atoms. The van der Waals surface area contributed by atoms with Gasteiger partial charge in [-0.1, -0.05) is 48.0 Å². The largest absolute Gasteiger partial charge is 0.444 e. The third-order valence-electron chi connectivity index (χ3n) is 7.87. The number of anilines is 2. The summed E-state index contributed by atoms with van der Waals surface area (Å²) >= 11 is 6.60. The lowest BCUT2D eigenvalue weighted by Crippen LogP contribution is -2.34. The van der Waals surface area contributed by atoms with Crippen molar-refractivity contribution < 1.29 is 22.7 Å². The molecule has 2 atom stereocenters. The van der Waals surface area contributed by atoms with Gasteiger partial charge < -0.3 is 15.4 Å². The summed E-state index contributed by atoms with van der Waals surface area (Å²) in [6.07, 6.45) is 4.67. The van der Waals surface area contributed by atoms with Gasteiger partial charge >= 0.3 is 6.09 Å². The molecule has 1 saturated carbocycles. The highest BCUT2D eigenvalue weighted by molar-refractivity contribution is 7.90. The van der Waals surface area contributed by atoms with Crippen LogP contribution >= 0.6 is 11.6 Å². The van der Waals surface area contributed by atoms with E-state index in [4.69, 9.17) is 21.3 Å². The van der Waals surface area contributed by atoms with Crippen LogP contribution in [0.15, 0.2) is 96.2 Å². The Bertz CT molecular complexity index is 2080. The number of hydrogen-bond donors (Lipinski definition) is 3. The smallest absolute Gasteiger partial charge is 0.412 e. The first-order valence-corrected chi connectivity index (χ1v) is 17.3. The van der Waals surface area contributed by atoms with E-state index in [1.165, 1.54) is 10.2 Å². The fourth-order valence-corrected chi connectivity index (χ4v) is 7.27. The second kappa shape index (κ2) is 13.3. The third kappa shape index (κ3) is 7.29. The first kappa shape index (κ1) is 33.0. The van der Waals surface area contributed by atoms with E-state index >= 15 is 0 Å². The number of benzene rings is 3. The lowest BCUT2D eigenvalue weighted by Gasteiger charge is -2.19. The Kier molecular flexibility index (Phi) is 9.13. The number of ether oxygens (including phenoxy) is 1. The number of carbonyl (C=O) groups excluding carboxylic acids is 2. The Morgan fingerprint density at radius 1 is 0.938 bits per heavy atom. The average Bonchev–Trinajstić information content (AvgIpc) is 3.66. The van der Waals surface area contributed by atoms with Crippen LogP contribution in [0.1, 0.15) is 50.4 Å². The van der Waals surface area contributed by atoms with Gasteiger partial charge in [0.15, 0.2) is 0 Å². The lowest BCUT2D eigenvalue weighted by molar-refractivity contribution is 0.0635. The molecule has 0 aliphatic heterocycles. The molecule has 1 unspecified atom stereocenters. The number of fused-ring (bicyclic) bond motifs is 1. The van der Waals surface area contributed by atoms with Crippen molar-refractivity contribution in [3.63, 3.8) is 0 Å². The van der Waals surface area contributed by atoms with Crippen molar-refractivity contribution >= 4 is 56.2 Å². The molecule has 6 rings (SSSR count). The van der Waals surface area contributed by atoms with Crippen LogP contribution in [0.3, 0.4) is 0 Å². The molecule has 11 nitrogen and oxygen atoms in total. The Labute approximate surface area is 283 Å². The van der Waals surface area contributed by atoms with Gasteiger partial charge in [0, 0.05) is 40.5 Å². The SMILES string of the molecule is CC(C)(C)OC(=O)Nc1ccc(C(=O)N[C@@H]2CCC(Nc3ncc(Cl)c(-c4cn(S(=O)(=O)c5ccccc5)c5ccccc45)n3)C2)cc1. The maximum atomic E-state index is 13.6. The van der Waals surface area contributed by atoms with Gasteiger partial charge in [-0.3, -0.25) is 10.1 Å². The van der Waals surface area contributed by atoms with E-state index in [-0.39, 0.29) is 27.9 Å². The molecule has 1 aliphatic carbocycles. The molecule has 3 aromatic carbocycles. The lowest BCUT2D eigenvalue weighted by atomic mass is 10.1. The van der Waals surface area contributed by atoms with Crippen LogP contribution in [0.25, 0.3) is 22.2 Å². The first-order valence-electron chi connectivity index (χ1n) is 15.5. The number of rotatable bonds is 8. The van der Waals surface area contributed by atoms with Gasteiger partial charge in [0.25, 0.3) is 15.9 Å². The van der Waals surface area contributed by atoms with Gasteiger partial charge in [-0.15, -0.1) is 0 Å². The third-order valence-corrected chi connectivity index (χ3v) is 9.84. The van der Waals surface area contributed by atoms with Gasteiger partial charge in [0.05, 0.1) is 27.3 Å².